The van der Waals surface area contributed by atoms with Crippen LogP contribution in [0.15, 0.2) is 54.6 Å². The van der Waals surface area contributed by atoms with Gasteiger partial charge in [-0.1, -0.05) is 55.8 Å². The van der Waals surface area contributed by atoms with Gasteiger partial charge >= 0.3 is 11.9 Å². The number of benzene rings is 1. The van der Waals surface area contributed by atoms with Gasteiger partial charge in [0.2, 0.25) is 0 Å². The lowest BCUT2D eigenvalue weighted by atomic mass is 9.95. The molecule has 35 heavy (non-hydrogen) atoms. The van der Waals surface area contributed by atoms with Gasteiger partial charge in [0.15, 0.2) is 0 Å². The Morgan fingerprint density at radius 1 is 1.17 bits per heavy atom. The van der Waals surface area contributed by atoms with Gasteiger partial charge in [-0.15, -0.1) is 11.3 Å². The fourth-order valence-corrected chi connectivity index (χ4v) is 5.24. The fraction of sp³-hybridized carbons (Fsp3) is 0.481. The van der Waals surface area contributed by atoms with E-state index in [2.05, 4.69) is 12.1 Å². The minimum absolute atomic E-state index is 0.0182. The van der Waals surface area contributed by atoms with Crippen molar-refractivity contribution < 1.29 is 28.6 Å². The molecule has 1 unspecified atom stereocenters. The zero-order valence-corrected chi connectivity index (χ0v) is 20.7. The Kier molecular flexibility index (Phi) is 9.57. The van der Waals surface area contributed by atoms with E-state index in [0.29, 0.717) is 12.8 Å². The quantitative estimate of drug-likeness (QED) is 0.275. The maximum atomic E-state index is 14.2. The molecule has 1 saturated heterocycles. The molecule has 190 valence electrons. The average molecular weight is 506 g/mol. The average Bonchev–Trinajstić information content (AvgIpc) is 3.39. The summed E-state index contributed by atoms with van der Waals surface area (Å²) in [6.07, 6.45) is 6.46. The van der Waals surface area contributed by atoms with E-state index >= 15 is 0 Å². The fourth-order valence-electron chi connectivity index (χ4n) is 4.35. The van der Waals surface area contributed by atoms with E-state index in [-0.39, 0.29) is 17.3 Å². The highest BCUT2D eigenvalue weighted by molar-refractivity contribution is 7.13. The minimum Gasteiger partial charge on any atom is -0.477 e. The topological polar surface area (TPSA) is 77.8 Å². The van der Waals surface area contributed by atoms with E-state index in [1.165, 1.54) is 22.6 Å². The standard InChI is InChI=1S/C27H33F2NO4S/c1-19(8-5-6-11-20-9-3-2-4-10-20)23(31)15-13-21-18-27(28,29)26(34)30(21)17-7-12-22-14-16-24(35-22)25(32)33/h2-4,9-10,13-16,19,21,23,31H,5-8,11-12,17-18H2,1H3,(H,32,33)/b15-13+/t19-,21?,23-/m0/s1. The smallest absolute Gasteiger partial charge is 0.345 e. The molecule has 1 fully saturated rings. The third-order valence-electron chi connectivity index (χ3n) is 6.47. The van der Waals surface area contributed by atoms with Crippen LogP contribution in [-0.4, -0.2) is 51.6 Å². The Morgan fingerprint density at radius 2 is 1.91 bits per heavy atom. The molecule has 2 heterocycles. The number of alkyl halides is 2. The summed E-state index contributed by atoms with van der Waals surface area (Å²) in [6.45, 7) is 2.09. The molecule has 2 aromatic rings. The molecule has 3 rings (SSSR count). The highest BCUT2D eigenvalue weighted by Gasteiger charge is 2.52. The number of likely N-dealkylation sites (tertiary alicyclic amines) is 1. The van der Waals surface area contributed by atoms with Crippen LogP contribution in [-0.2, 0) is 17.6 Å². The van der Waals surface area contributed by atoms with E-state index < -0.39 is 36.4 Å². The number of hydrogen-bond donors (Lipinski definition) is 2. The summed E-state index contributed by atoms with van der Waals surface area (Å²) in [5.41, 5.74) is 1.29. The molecule has 0 aliphatic carbocycles. The molecule has 0 radical (unpaired) electrons. The van der Waals surface area contributed by atoms with Crippen LogP contribution >= 0.6 is 11.3 Å². The summed E-state index contributed by atoms with van der Waals surface area (Å²) in [5, 5.41) is 19.5. The summed E-state index contributed by atoms with van der Waals surface area (Å²) < 4.78 is 28.3. The van der Waals surface area contributed by atoms with Crippen molar-refractivity contribution in [2.24, 2.45) is 5.92 Å². The number of hydrogen-bond acceptors (Lipinski definition) is 4. The lowest BCUT2D eigenvalue weighted by Crippen LogP contribution is -2.36. The van der Waals surface area contributed by atoms with Crippen molar-refractivity contribution in [3.63, 3.8) is 0 Å². The zero-order chi connectivity index (χ0) is 25.4. The number of unbranched alkanes of at least 4 members (excludes halogenated alkanes) is 1. The molecule has 1 amide bonds. The van der Waals surface area contributed by atoms with Gasteiger partial charge in [-0.3, -0.25) is 4.79 Å². The number of thiophene rings is 1. The molecular formula is C27H33F2NO4S. The number of aromatic carboxylic acids is 1. The predicted molar refractivity (Wildman–Crippen MR) is 133 cm³/mol. The van der Waals surface area contributed by atoms with E-state index in [0.717, 1.165) is 41.9 Å². The minimum atomic E-state index is -3.41. The molecule has 0 saturated carbocycles. The summed E-state index contributed by atoms with van der Waals surface area (Å²) in [4.78, 5) is 25.5. The lowest BCUT2D eigenvalue weighted by molar-refractivity contribution is -0.148. The Labute approximate surface area is 209 Å². The van der Waals surface area contributed by atoms with Crippen molar-refractivity contribution in [2.45, 2.75) is 69.9 Å². The van der Waals surface area contributed by atoms with Crippen LogP contribution in [0.5, 0.6) is 0 Å². The molecule has 1 aliphatic heterocycles. The third-order valence-corrected chi connectivity index (χ3v) is 7.60. The van der Waals surface area contributed by atoms with Crippen molar-refractivity contribution in [1.82, 2.24) is 4.90 Å². The molecular weight excluding hydrogens is 472 g/mol. The number of rotatable bonds is 13. The molecule has 0 bridgehead atoms. The van der Waals surface area contributed by atoms with E-state index in [9.17, 15) is 23.5 Å². The molecule has 1 aliphatic rings. The highest BCUT2D eigenvalue weighted by Crippen LogP contribution is 2.34. The number of aliphatic hydroxyl groups is 1. The Hall–Kier alpha value is -2.58. The van der Waals surface area contributed by atoms with Crippen LogP contribution in [0.25, 0.3) is 0 Å². The summed E-state index contributed by atoms with van der Waals surface area (Å²) in [7, 11) is 0. The molecule has 5 nitrogen and oxygen atoms in total. The second kappa shape index (κ2) is 12.4. The van der Waals surface area contributed by atoms with Crippen LogP contribution in [0.1, 0.15) is 59.1 Å². The van der Waals surface area contributed by atoms with E-state index in [1.54, 1.807) is 12.1 Å². The van der Waals surface area contributed by atoms with Gasteiger partial charge in [-0.25, -0.2) is 4.79 Å². The summed E-state index contributed by atoms with van der Waals surface area (Å²) in [6, 6.07) is 12.7. The number of carbonyl (C=O) groups excluding carboxylic acids is 1. The number of carboxylic acid groups (broad SMARTS) is 1. The SMILES string of the molecule is C[C@@H](CCCCc1ccccc1)[C@@H](O)/C=C/C1CC(F)(F)C(=O)N1CCCc1ccc(C(=O)O)s1. The lowest BCUT2D eigenvalue weighted by Gasteiger charge is -2.22. The van der Waals surface area contributed by atoms with Gasteiger partial charge < -0.3 is 15.1 Å². The van der Waals surface area contributed by atoms with Gasteiger partial charge in [-0.05, 0) is 55.7 Å². The molecule has 1 aromatic carbocycles. The Bertz CT molecular complexity index is 1010. The van der Waals surface area contributed by atoms with Crippen LogP contribution in [0.4, 0.5) is 8.78 Å². The first-order chi connectivity index (χ1) is 16.7. The van der Waals surface area contributed by atoms with Crippen molar-refractivity contribution >= 4 is 23.2 Å². The van der Waals surface area contributed by atoms with Gasteiger partial charge in [-0.2, -0.15) is 8.78 Å². The van der Waals surface area contributed by atoms with Crippen LogP contribution in [0.2, 0.25) is 0 Å². The van der Waals surface area contributed by atoms with Gasteiger partial charge in [0.05, 0.1) is 12.1 Å². The number of aryl methyl sites for hydroxylation is 2. The summed E-state index contributed by atoms with van der Waals surface area (Å²) in [5.74, 6) is -5.62. The number of nitrogens with zero attached hydrogens (tertiary/aromatic N) is 1. The number of carboxylic acids is 1. The highest BCUT2D eigenvalue weighted by atomic mass is 32.1. The number of amides is 1. The zero-order valence-electron chi connectivity index (χ0n) is 19.9. The van der Waals surface area contributed by atoms with Crippen LogP contribution in [0, 0.1) is 5.92 Å². The van der Waals surface area contributed by atoms with E-state index in [1.807, 2.05) is 25.1 Å². The van der Waals surface area contributed by atoms with Crippen LogP contribution < -0.4 is 0 Å². The first-order valence-corrected chi connectivity index (χ1v) is 12.9. The second-order valence-corrected chi connectivity index (χ2v) is 10.4. The third kappa shape index (κ3) is 7.70. The molecule has 8 heteroatoms. The molecule has 2 N–H and O–H groups in total. The Morgan fingerprint density at radius 3 is 2.60 bits per heavy atom. The second-order valence-electron chi connectivity index (χ2n) is 9.23. The molecule has 3 atom stereocenters. The maximum absolute atomic E-state index is 14.2. The number of halogens is 2. The van der Waals surface area contributed by atoms with Crippen molar-refractivity contribution in [2.75, 3.05) is 6.54 Å². The van der Waals surface area contributed by atoms with Gasteiger partial charge in [0, 0.05) is 17.8 Å². The largest absolute Gasteiger partial charge is 0.477 e. The first kappa shape index (κ1) is 27.0. The summed E-state index contributed by atoms with van der Waals surface area (Å²) >= 11 is 1.15. The van der Waals surface area contributed by atoms with Crippen LogP contribution in [0.3, 0.4) is 0 Å². The number of carbonyl (C=O) groups is 2. The van der Waals surface area contributed by atoms with Crippen molar-refractivity contribution in [3.8, 4) is 0 Å². The molecule has 1 aromatic heterocycles. The van der Waals surface area contributed by atoms with Gasteiger partial charge in [0.1, 0.15) is 4.88 Å². The van der Waals surface area contributed by atoms with Crippen molar-refractivity contribution in [1.29, 1.82) is 0 Å². The Balaban J connectivity index is 1.48. The first-order valence-electron chi connectivity index (χ1n) is 12.1. The van der Waals surface area contributed by atoms with Gasteiger partial charge in [0.25, 0.3) is 5.91 Å². The normalized spacial score (nSPS) is 19.4. The van der Waals surface area contributed by atoms with Crippen molar-refractivity contribution in [3.05, 3.63) is 69.9 Å². The monoisotopic (exact) mass is 505 g/mol. The molecule has 0 spiro atoms. The number of aliphatic hydroxyl groups excluding tert-OH is 1. The van der Waals surface area contributed by atoms with E-state index in [4.69, 9.17) is 5.11 Å². The predicted octanol–water partition coefficient (Wildman–Crippen LogP) is 5.58. The maximum Gasteiger partial charge on any atom is 0.345 e.